The summed E-state index contributed by atoms with van der Waals surface area (Å²) in [6.07, 6.45) is -0.684. The lowest BCUT2D eigenvalue weighted by Crippen LogP contribution is -2.44. The molecule has 2 aromatic heterocycles. The molecule has 3 aromatic rings. The Labute approximate surface area is 179 Å². The highest BCUT2D eigenvalue weighted by Gasteiger charge is 2.31. The van der Waals surface area contributed by atoms with Gasteiger partial charge in [0.25, 0.3) is 5.91 Å². The Kier molecular flexibility index (Phi) is 6.95. The molecule has 0 unspecified atom stereocenters. The molecule has 13 heteroatoms. The van der Waals surface area contributed by atoms with Gasteiger partial charge in [0, 0.05) is 31.5 Å². The maximum atomic E-state index is 14.5. The third-order valence-corrected chi connectivity index (χ3v) is 4.49. The van der Waals surface area contributed by atoms with E-state index in [2.05, 4.69) is 25.5 Å². The normalized spacial score (nSPS) is 12.4. The molecular formula is C19H18F5N7O. The van der Waals surface area contributed by atoms with Crippen LogP contribution in [0.2, 0.25) is 0 Å². The second-order valence-corrected chi connectivity index (χ2v) is 6.67. The van der Waals surface area contributed by atoms with Gasteiger partial charge >= 0.3 is 6.18 Å². The number of alkyl halides is 4. The van der Waals surface area contributed by atoms with E-state index in [1.165, 1.54) is 29.4 Å². The second kappa shape index (κ2) is 9.66. The van der Waals surface area contributed by atoms with E-state index in [4.69, 9.17) is 0 Å². The van der Waals surface area contributed by atoms with E-state index >= 15 is 0 Å². The van der Waals surface area contributed by atoms with Gasteiger partial charge in [-0.05, 0) is 19.1 Å². The first kappa shape index (κ1) is 23.0. The fourth-order valence-electron chi connectivity index (χ4n) is 2.91. The summed E-state index contributed by atoms with van der Waals surface area (Å²) >= 11 is 0. The molecule has 1 atom stereocenters. The number of nitrogens with one attached hydrogen (secondary N) is 1. The average molecular weight is 455 g/mol. The first-order chi connectivity index (χ1) is 15.2. The van der Waals surface area contributed by atoms with Crippen LogP contribution in [0.15, 0.2) is 43.0 Å². The van der Waals surface area contributed by atoms with Crippen LogP contribution in [0, 0.1) is 5.82 Å². The monoisotopic (exact) mass is 455 g/mol. The lowest BCUT2D eigenvalue weighted by atomic mass is 10.1. The van der Waals surface area contributed by atoms with Gasteiger partial charge < -0.3 is 10.2 Å². The summed E-state index contributed by atoms with van der Waals surface area (Å²) < 4.78 is 65.5. The zero-order valence-electron chi connectivity index (χ0n) is 16.7. The standard InChI is InChI=1S/C19H18F5N7O/c1-12(9-25-18-26-10-13(11-27-18)19(22,23)24)30(8-5-20)17(32)14-3-2-4-15(21)16(14)31-28-6-7-29-31/h2-4,6-7,10-12H,5,8-9H2,1H3,(H,25,26,27)/t12-/m0/s1. The average Bonchev–Trinajstić information content (AvgIpc) is 3.29. The predicted molar refractivity (Wildman–Crippen MR) is 103 cm³/mol. The van der Waals surface area contributed by atoms with E-state index in [-0.39, 0.29) is 30.3 Å². The number of amides is 1. The summed E-state index contributed by atoms with van der Waals surface area (Å²) in [7, 11) is 0. The summed E-state index contributed by atoms with van der Waals surface area (Å²) in [5.41, 5.74) is -1.26. The molecule has 0 aliphatic rings. The molecule has 0 radical (unpaired) electrons. The number of aromatic nitrogens is 5. The van der Waals surface area contributed by atoms with Gasteiger partial charge in [-0.3, -0.25) is 4.79 Å². The van der Waals surface area contributed by atoms with E-state index in [9.17, 15) is 26.7 Å². The number of para-hydroxylation sites is 1. The van der Waals surface area contributed by atoms with Gasteiger partial charge in [0.2, 0.25) is 5.95 Å². The van der Waals surface area contributed by atoms with Crippen molar-refractivity contribution in [3.05, 3.63) is 59.9 Å². The lowest BCUT2D eigenvalue weighted by Gasteiger charge is -2.29. The van der Waals surface area contributed by atoms with Crippen molar-refractivity contribution < 1.29 is 26.7 Å². The third-order valence-electron chi connectivity index (χ3n) is 4.49. The summed E-state index contributed by atoms with van der Waals surface area (Å²) in [5.74, 6) is -1.50. The first-order valence-corrected chi connectivity index (χ1v) is 9.37. The van der Waals surface area contributed by atoms with Crippen molar-refractivity contribution >= 4 is 11.9 Å². The van der Waals surface area contributed by atoms with Crippen LogP contribution in [0.1, 0.15) is 22.8 Å². The van der Waals surface area contributed by atoms with Gasteiger partial charge in [-0.1, -0.05) is 6.07 Å². The van der Waals surface area contributed by atoms with Crippen molar-refractivity contribution in [3.63, 3.8) is 0 Å². The molecule has 0 saturated heterocycles. The summed E-state index contributed by atoms with van der Waals surface area (Å²) in [6, 6.07) is 3.20. The number of benzene rings is 1. The molecular weight excluding hydrogens is 437 g/mol. The molecule has 3 rings (SSSR count). The van der Waals surface area contributed by atoms with E-state index in [1.807, 2.05) is 0 Å². The largest absolute Gasteiger partial charge is 0.419 e. The number of carbonyl (C=O) groups is 1. The minimum absolute atomic E-state index is 0.00176. The van der Waals surface area contributed by atoms with Crippen molar-refractivity contribution in [1.82, 2.24) is 29.9 Å². The molecule has 1 amide bonds. The highest BCUT2D eigenvalue weighted by atomic mass is 19.4. The molecule has 2 heterocycles. The van der Waals surface area contributed by atoms with Crippen LogP contribution in [-0.4, -0.2) is 61.6 Å². The van der Waals surface area contributed by atoms with Gasteiger partial charge in [0.1, 0.15) is 12.4 Å². The molecule has 32 heavy (non-hydrogen) atoms. The molecule has 0 aliphatic heterocycles. The third kappa shape index (κ3) is 5.15. The van der Waals surface area contributed by atoms with E-state index in [0.717, 1.165) is 10.9 Å². The van der Waals surface area contributed by atoms with Gasteiger partial charge in [-0.25, -0.2) is 18.7 Å². The Morgan fingerprint density at radius 1 is 1.19 bits per heavy atom. The van der Waals surface area contributed by atoms with Gasteiger partial charge in [-0.2, -0.15) is 23.4 Å². The van der Waals surface area contributed by atoms with E-state index in [1.54, 1.807) is 6.92 Å². The smallest absolute Gasteiger partial charge is 0.352 e. The molecule has 0 saturated carbocycles. The topological polar surface area (TPSA) is 88.8 Å². The SMILES string of the molecule is C[C@@H](CNc1ncc(C(F)(F)F)cn1)N(CCF)C(=O)c1cccc(F)c1-n1nccn1. The molecule has 8 nitrogen and oxygen atoms in total. The van der Waals surface area contributed by atoms with Crippen LogP contribution in [0.3, 0.4) is 0 Å². The number of nitrogens with zero attached hydrogens (tertiary/aromatic N) is 6. The Bertz CT molecular complexity index is 1040. The van der Waals surface area contributed by atoms with Crippen LogP contribution in [0.25, 0.3) is 5.69 Å². The van der Waals surface area contributed by atoms with E-state index < -0.39 is 36.2 Å². The Hall–Kier alpha value is -3.64. The van der Waals surface area contributed by atoms with Crippen molar-refractivity contribution in [2.45, 2.75) is 19.1 Å². The number of hydrogen-bond acceptors (Lipinski definition) is 6. The number of halogens is 5. The van der Waals surface area contributed by atoms with Crippen LogP contribution < -0.4 is 5.32 Å². The fourth-order valence-corrected chi connectivity index (χ4v) is 2.91. The second-order valence-electron chi connectivity index (χ2n) is 6.67. The maximum absolute atomic E-state index is 14.5. The van der Waals surface area contributed by atoms with Crippen molar-refractivity contribution in [2.24, 2.45) is 0 Å². The quantitative estimate of drug-likeness (QED) is 0.525. The Morgan fingerprint density at radius 3 is 2.44 bits per heavy atom. The summed E-state index contributed by atoms with van der Waals surface area (Å²) in [6.45, 7) is 0.438. The molecule has 0 fully saturated rings. The van der Waals surface area contributed by atoms with Crippen LogP contribution in [0.5, 0.6) is 0 Å². The Balaban J connectivity index is 1.78. The van der Waals surface area contributed by atoms with Gasteiger partial charge in [0.15, 0.2) is 5.82 Å². The molecule has 1 N–H and O–H groups in total. The zero-order valence-corrected chi connectivity index (χ0v) is 16.7. The van der Waals surface area contributed by atoms with Crippen LogP contribution in [-0.2, 0) is 6.18 Å². The highest BCUT2D eigenvalue weighted by molar-refractivity contribution is 5.98. The minimum atomic E-state index is -4.57. The number of carbonyl (C=O) groups excluding carboxylic acids is 1. The lowest BCUT2D eigenvalue weighted by molar-refractivity contribution is -0.138. The first-order valence-electron chi connectivity index (χ1n) is 9.37. The molecule has 1 aromatic carbocycles. The summed E-state index contributed by atoms with van der Waals surface area (Å²) in [5, 5.41) is 10.4. The molecule has 0 spiro atoms. The maximum Gasteiger partial charge on any atom is 0.419 e. The number of rotatable bonds is 8. The number of anilines is 1. The highest BCUT2D eigenvalue weighted by Crippen LogP contribution is 2.28. The zero-order chi connectivity index (χ0) is 23.3. The summed E-state index contributed by atoms with van der Waals surface area (Å²) in [4.78, 5) is 22.5. The van der Waals surface area contributed by atoms with Gasteiger partial charge in [0.05, 0.1) is 23.5 Å². The number of hydrogen-bond donors (Lipinski definition) is 1. The van der Waals surface area contributed by atoms with Crippen molar-refractivity contribution in [3.8, 4) is 5.69 Å². The van der Waals surface area contributed by atoms with Crippen LogP contribution >= 0.6 is 0 Å². The molecule has 170 valence electrons. The Morgan fingerprint density at radius 2 is 1.84 bits per heavy atom. The molecule has 0 bridgehead atoms. The van der Waals surface area contributed by atoms with Crippen molar-refractivity contribution in [2.75, 3.05) is 25.1 Å². The molecule has 0 aliphatic carbocycles. The van der Waals surface area contributed by atoms with Crippen LogP contribution in [0.4, 0.5) is 27.9 Å². The minimum Gasteiger partial charge on any atom is -0.352 e. The fraction of sp³-hybridized carbons (Fsp3) is 0.316. The van der Waals surface area contributed by atoms with Crippen molar-refractivity contribution in [1.29, 1.82) is 0 Å². The predicted octanol–water partition coefficient (Wildman–Crippen LogP) is 3.13. The van der Waals surface area contributed by atoms with E-state index in [0.29, 0.717) is 12.4 Å². The van der Waals surface area contributed by atoms with Gasteiger partial charge in [-0.15, -0.1) is 4.80 Å².